The molecule has 0 radical (unpaired) electrons. The number of rotatable bonds is 7. The van der Waals surface area contributed by atoms with Crippen molar-refractivity contribution < 1.29 is 9.53 Å². The van der Waals surface area contributed by atoms with Gasteiger partial charge in [-0.15, -0.1) is 0 Å². The number of hydrogen-bond acceptors (Lipinski definition) is 2. The van der Waals surface area contributed by atoms with Gasteiger partial charge in [-0.1, -0.05) is 88.7 Å². The fourth-order valence-electron chi connectivity index (χ4n) is 3.96. The predicted molar refractivity (Wildman–Crippen MR) is 135 cm³/mol. The summed E-state index contributed by atoms with van der Waals surface area (Å²) in [6.45, 7) is 2.24. The fourth-order valence-corrected chi connectivity index (χ4v) is 4.23. The van der Waals surface area contributed by atoms with Crippen LogP contribution in [0.5, 0.6) is 0 Å². The van der Waals surface area contributed by atoms with Crippen LogP contribution in [0.1, 0.15) is 18.9 Å². The Kier molecular flexibility index (Phi) is 7.18. The molecule has 0 aliphatic heterocycles. The van der Waals surface area contributed by atoms with Gasteiger partial charge in [0, 0.05) is 10.9 Å². The lowest BCUT2D eigenvalue weighted by Gasteiger charge is -2.18. The fraction of sp³-hybridized carbons (Fsp3) is 0.138. The summed E-state index contributed by atoms with van der Waals surface area (Å²) in [7, 11) is 0. The van der Waals surface area contributed by atoms with Crippen LogP contribution in [0, 0.1) is 0 Å². The first-order chi connectivity index (χ1) is 15.7. The molecule has 4 aromatic carbocycles. The van der Waals surface area contributed by atoms with Crippen molar-refractivity contribution >= 4 is 21.9 Å². The highest BCUT2D eigenvalue weighted by Crippen LogP contribution is 2.38. The van der Waals surface area contributed by atoms with Crippen LogP contribution in [0.2, 0.25) is 0 Å². The van der Waals surface area contributed by atoms with Gasteiger partial charge in [-0.2, -0.15) is 0 Å². The maximum Gasteiger partial charge on any atom is 0.306 e. The van der Waals surface area contributed by atoms with Crippen molar-refractivity contribution in [1.29, 1.82) is 0 Å². The Morgan fingerprint density at radius 3 is 1.75 bits per heavy atom. The van der Waals surface area contributed by atoms with Gasteiger partial charge < -0.3 is 4.74 Å². The SMILES string of the molecule is CCOC(=O)CCc1c(-c2ccccc2)cc(-c2ccc(Br)cc2)cc1-c1ccccc1. The Morgan fingerprint density at radius 2 is 1.25 bits per heavy atom. The normalized spacial score (nSPS) is 10.7. The molecular formula is C29H25BrO2. The minimum atomic E-state index is -0.164. The van der Waals surface area contributed by atoms with Gasteiger partial charge in [0.1, 0.15) is 0 Å². The van der Waals surface area contributed by atoms with Gasteiger partial charge in [0.05, 0.1) is 6.61 Å². The van der Waals surface area contributed by atoms with E-state index in [1.165, 1.54) is 0 Å². The van der Waals surface area contributed by atoms with Crippen molar-refractivity contribution in [2.45, 2.75) is 19.8 Å². The zero-order valence-electron chi connectivity index (χ0n) is 18.1. The third-order valence-electron chi connectivity index (χ3n) is 5.48. The van der Waals surface area contributed by atoms with E-state index in [0.717, 1.165) is 43.4 Å². The smallest absolute Gasteiger partial charge is 0.306 e. The van der Waals surface area contributed by atoms with Crippen LogP contribution in [0.25, 0.3) is 33.4 Å². The van der Waals surface area contributed by atoms with E-state index >= 15 is 0 Å². The first kappa shape index (κ1) is 22.0. The minimum Gasteiger partial charge on any atom is -0.466 e. The first-order valence-electron chi connectivity index (χ1n) is 10.8. The topological polar surface area (TPSA) is 26.3 Å². The quantitative estimate of drug-likeness (QED) is 0.248. The van der Waals surface area contributed by atoms with Crippen LogP contribution in [0.15, 0.2) is 102 Å². The lowest BCUT2D eigenvalue weighted by Crippen LogP contribution is -2.07. The van der Waals surface area contributed by atoms with Gasteiger partial charge in [0.15, 0.2) is 0 Å². The highest BCUT2D eigenvalue weighted by Gasteiger charge is 2.16. The second kappa shape index (κ2) is 10.4. The average Bonchev–Trinajstić information content (AvgIpc) is 2.84. The highest BCUT2D eigenvalue weighted by molar-refractivity contribution is 9.10. The van der Waals surface area contributed by atoms with Crippen molar-refractivity contribution in [1.82, 2.24) is 0 Å². The van der Waals surface area contributed by atoms with E-state index in [1.54, 1.807) is 0 Å². The molecule has 0 heterocycles. The third kappa shape index (κ3) is 5.17. The molecule has 4 rings (SSSR count). The van der Waals surface area contributed by atoms with Crippen LogP contribution < -0.4 is 0 Å². The van der Waals surface area contributed by atoms with Gasteiger partial charge in [-0.3, -0.25) is 4.79 Å². The molecule has 0 saturated carbocycles. The third-order valence-corrected chi connectivity index (χ3v) is 6.01. The van der Waals surface area contributed by atoms with Gasteiger partial charge in [0.25, 0.3) is 0 Å². The lowest BCUT2D eigenvalue weighted by atomic mass is 9.86. The Labute approximate surface area is 198 Å². The van der Waals surface area contributed by atoms with Crippen molar-refractivity contribution in [2.24, 2.45) is 0 Å². The van der Waals surface area contributed by atoms with E-state index < -0.39 is 0 Å². The number of hydrogen-bond donors (Lipinski definition) is 0. The monoisotopic (exact) mass is 484 g/mol. The molecule has 160 valence electrons. The lowest BCUT2D eigenvalue weighted by molar-refractivity contribution is -0.143. The molecule has 3 heteroatoms. The molecule has 0 spiro atoms. The van der Waals surface area contributed by atoms with E-state index in [-0.39, 0.29) is 5.97 Å². The molecular weight excluding hydrogens is 460 g/mol. The molecule has 32 heavy (non-hydrogen) atoms. The highest BCUT2D eigenvalue weighted by atomic mass is 79.9. The number of halogens is 1. The largest absolute Gasteiger partial charge is 0.466 e. The van der Waals surface area contributed by atoms with E-state index in [1.807, 2.05) is 19.1 Å². The second-order valence-electron chi connectivity index (χ2n) is 7.59. The molecule has 0 saturated heterocycles. The summed E-state index contributed by atoms with van der Waals surface area (Å²) < 4.78 is 6.27. The molecule has 0 amide bonds. The van der Waals surface area contributed by atoms with Crippen LogP contribution in [0.4, 0.5) is 0 Å². The van der Waals surface area contributed by atoms with E-state index in [4.69, 9.17) is 4.74 Å². The van der Waals surface area contributed by atoms with Gasteiger partial charge in [-0.05, 0) is 76.6 Å². The Morgan fingerprint density at radius 1 is 0.719 bits per heavy atom. The molecule has 0 aliphatic rings. The average molecular weight is 485 g/mol. The molecule has 0 aromatic heterocycles. The first-order valence-corrected chi connectivity index (χ1v) is 11.6. The standard InChI is InChI=1S/C29H25BrO2/c1-2-32-29(31)18-17-26-27(22-9-5-3-6-10-22)19-24(21-13-15-25(30)16-14-21)20-28(26)23-11-7-4-8-12-23/h3-16,19-20H,2,17-18H2,1H3. The molecule has 4 aromatic rings. The molecule has 0 atom stereocenters. The number of carbonyl (C=O) groups excluding carboxylic acids is 1. The van der Waals surface area contributed by atoms with Crippen LogP contribution in [0.3, 0.4) is 0 Å². The van der Waals surface area contributed by atoms with Gasteiger partial charge in [-0.25, -0.2) is 0 Å². The number of carbonyl (C=O) groups is 1. The van der Waals surface area contributed by atoms with Crippen LogP contribution >= 0.6 is 15.9 Å². The molecule has 0 bridgehead atoms. The number of esters is 1. The van der Waals surface area contributed by atoms with Crippen molar-refractivity contribution in [3.05, 3.63) is 107 Å². The maximum absolute atomic E-state index is 12.2. The zero-order chi connectivity index (χ0) is 22.3. The zero-order valence-corrected chi connectivity index (χ0v) is 19.6. The van der Waals surface area contributed by atoms with Gasteiger partial charge in [0.2, 0.25) is 0 Å². The Balaban J connectivity index is 1.92. The predicted octanol–water partition coefficient (Wildman–Crippen LogP) is 7.95. The summed E-state index contributed by atoms with van der Waals surface area (Å²) in [5.41, 5.74) is 8.04. The van der Waals surface area contributed by atoms with E-state index in [0.29, 0.717) is 19.4 Å². The minimum absolute atomic E-state index is 0.164. The summed E-state index contributed by atoms with van der Waals surface area (Å²) in [5, 5.41) is 0. The molecule has 0 aliphatic carbocycles. The molecule has 0 N–H and O–H groups in total. The summed E-state index contributed by atoms with van der Waals surface area (Å²) in [4.78, 5) is 12.2. The molecule has 0 unspecified atom stereocenters. The van der Waals surface area contributed by atoms with Crippen molar-refractivity contribution in [3.8, 4) is 33.4 Å². The summed E-state index contributed by atoms with van der Waals surface area (Å²) in [6.07, 6.45) is 0.971. The van der Waals surface area contributed by atoms with Crippen LogP contribution in [-0.4, -0.2) is 12.6 Å². The summed E-state index contributed by atoms with van der Waals surface area (Å²) in [5.74, 6) is -0.164. The van der Waals surface area contributed by atoms with Crippen molar-refractivity contribution in [2.75, 3.05) is 6.61 Å². The summed E-state index contributed by atoms with van der Waals surface area (Å²) in [6, 6.07) is 33.6. The number of benzene rings is 4. The second-order valence-corrected chi connectivity index (χ2v) is 8.51. The summed E-state index contributed by atoms with van der Waals surface area (Å²) >= 11 is 3.53. The number of ether oxygens (including phenoxy) is 1. The molecule has 2 nitrogen and oxygen atoms in total. The Hall–Kier alpha value is -3.17. The molecule has 0 fully saturated rings. The van der Waals surface area contributed by atoms with E-state index in [2.05, 4.69) is 101 Å². The Bertz CT molecular complexity index is 1120. The van der Waals surface area contributed by atoms with Crippen LogP contribution in [-0.2, 0) is 16.0 Å². The van der Waals surface area contributed by atoms with Gasteiger partial charge >= 0.3 is 5.97 Å². The van der Waals surface area contributed by atoms with Crippen molar-refractivity contribution in [3.63, 3.8) is 0 Å². The van der Waals surface area contributed by atoms with E-state index in [9.17, 15) is 4.79 Å². The maximum atomic E-state index is 12.2.